The van der Waals surface area contributed by atoms with E-state index in [1.165, 1.54) is 0 Å². The summed E-state index contributed by atoms with van der Waals surface area (Å²) in [5, 5.41) is 8.57. The Bertz CT molecular complexity index is 794. The Hall–Kier alpha value is -3.15. The third-order valence-corrected chi connectivity index (χ3v) is 4.63. The molecular formula is C23H29N3O3. The molecule has 2 atom stereocenters. The predicted octanol–water partition coefficient (Wildman–Crippen LogP) is 2.97. The van der Waals surface area contributed by atoms with Crippen molar-refractivity contribution >= 4 is 17.7 Å². The Kier molecular flexibility index (Phi) is 8.89. The van der Waals surface area contributed by atoms with Crippen LogP contribution in [0.2, 0.25) is 0 Å². The lowest BCUT2D eigenvalue weighted by molar-refractivity contribution is -0.122. The predicted molar refractivity (Wildman–Crippen MR) is 113 cm³/mol. The van der Waals surface area contributed by atoms with E-state index in [0.717, 1.165) is 12.0 Å². The van der Waals surface area contributed by atoms with Crippen LogP contribution in [0, 0.1) is 0 Å². The Morgan fingerprint density at radius 2 is 1.48 bits per heavy atom. The highest BCUT2D eigenvalue weighted by Gasteiger charge is 2.19. The molecule has 2 aromatic carbocycles. The second-order valence-electron chi connectivity index (χ2n) is 6.98. The molecule has 3 amide bonds. The van der Waals surface area contributed by atoms with E-state index in [1.807, 2.05) is 50.2 Å². The molecular weight excluding hydrogens is 366 g/mol. The molecule has 0 saturated heterocycles. The van der Waals surface area contributed by atoms with Gasteiger partial charge in [-0.3, -0.25) is 14.4 Å². The first kappa shape index (κ1) is 22.1. The van der Waals surface area contributed by atoms with Gasteiger partial charge in [-0.25, -0.2) is 0 Å². The molecule has 0 aliphatic rings. The second kappa shape index (κ2) is 11.6. The van der Waals surface area contributed by atoms with Crippen molar-refractivity contribution in [2.24, 2.45) is 0 Å². The number of hydrogen-bond acceptors (Lipinski definition) is 3. The number of carbonyl (C=O) groups is 3. The van der Waals surface area contributed by atoms with E-state index in [4.69, 9.17) is 0 Å². The van der Waals surface area contributed by atoms with Gasteiger partial charge in [-0.05, 0) is 31.0 Å². The zero-order chi connectivity index (χ0) is 21.1. The van der Waals surface area contributed by atoms with E-state index in [2.05, 4.69) is 16.0 Å². The van der Waals surface area contributed by atoms with Crippen LogP contribution in [0.3, 0.4) is 0 Å². The topological polar surface area (TPSA) is 87.3 Å². The molecule has 0 saturated carbocycles. The highest BCUT2D eigenvalue weighted by atomic mass is 16.2. The van der Waals surface area contributed by atoms with Crippen LogP contribution in [0.1, 0.15) is 55.1 Å². The van der Waals surface area contributed by atoms with Crippen LogP contribution in [0.5, 0.6) is 0 Å². The summed E-state index contributed by atoms with van der Waals surface area (Å²) in [6.45, 7) is 4.20. The largest absolute Gasteiger partial charge is 0.356 e. The number of nitrogens with one attached hydrogen (secondary N) is 3. The highest BCUT2D eigenvalue weighted by Crippen LogP contribution is 2.17. The standard InChI is InChI=1S/C23H29N3O3/c1-3-17(2)25-21(27)14-15-24-22(28)16-20(18-10-6-4-7-11-18)26-23(29)19-12-8-5-9-13-19/h4-13,17,20H,3,14-16H2,1-2H3,(H,24,28)(H,25,27)(H,26,29). The van der Waals surface area contributed by atoms with Crippen LogP contribution < -0.4 is 16.0 Å². The van der Waals surface area contributed by atoms with Crippen molar-refractivity contribution in [1.82, 2.24) is 16.0 Å². The smallest absolute Gasteiger partial charge is 0.251 e. The Balaban J connectivity index is 1.93. The summed E-state index contributed by atoms with van der Waals surface area (Å²) in [6, 6.07) is 17.9. The highest BCUT2D eigenvalue weighted by molar-refractivity contribution is 5.94. The lowest BCUT2D eigenvalue weighted by atomic mass is 10.0. The average molecular weight is 396 g/mol. The fourth-order valence-electron chi connectivity index (χ4n) is 2.79. The van der Waals surface area contributed by atoms with Gasteiger partial charge >= 0.3 is 0 Å². The van der Waals surface area contributed by atoms with Crippen molar-refractivity contribution in [3.63, 3.8) is 0 Å². The van der Waals surface area contributed by atoms with Crippen molar-refractivity contribution in [3.8, 4) is 0 Å². The Labute approximate surface area is 172 Å². The maximum atomic E-state index is 12.5. The molecule has 29 heavy (non-hydrogen) atoms. The molecule has 0 aliphatic heterocycles. The number of rotatable bonds is 10. The summed E-state index contributed by atoms with van der Waals surface area (Å²) in [4.78, 5) is 36.8. The van der Waals surface area contributed by atoms with E-state index in [1.54, 1.807) is 24.3 Å². The minimum absolute atomic E-state index is 0.0864. The average Bonchev–Trinajstić information content (AvgIpc) is 2.74. The monoisotopic (exact) mass is 395 g/mol. The van der Waals surface area contributed by atoms with Gasteiger partial charge in [-0.2, -0.15) is 0 Å². The first-order valence-corrected chi connectivity index (χ1v) is 9.96. The lowest BCUT2D eigenvalue weighted by Crippen LogP contribution is -2.37. The fourth-order valence-corrected chi connectivity index (χ4v) is 2.79. The van der Waals surface area contributed by atoms with Crippen LogP contribution in [0.4, 0.5) is 0 Å². The lowest BCUT2D eigenvalue weighted by Gasteiger charge is -2.19. The molecule has 0 bridgehead atoms. The molecule has 6 nitrogen and oxygen atoms in total. The minimum Gasteiger partial charge on any atom is -0.356 e. The van der Waals surface area contributed by atoms with Gasteiger partial charge in [0.1, 0.15) is 0 Å². The number of hydrogen-bond donors (Lipinski definition) is 3. The maximum Gasteiger partial charge on any atom is 0.251 e. The van der Waals surface area contributed by atoms with E-state index in [9.17, 15) is 14.4 Å². The van der Waals surface area contributed by atoms with E-state index in [0.29, 0.717) is 5.56 Å². The Morgan fingerprint density at radius 3 is 2.10 bits per heavy atom. The van der Waals surface area contributed by atoms with Crippen molar-refractivity contribution in [3.05, 3.63) is 71.8 Å². The first-order valence-electron chi connectivity index (χ1n) is 9.96. The van der Waals surface area contributed by atoms with Gasteiger partial charge in [-0.1, -0.05) is 55.5 Å². The summed E-state index contributed by atoms with van der Waals surface area (Å²) >= 11 is 0. The summed E-state index contributed by atoms with van der Waals surface area (Å²) in [6.07, 6.45) is 1.18. The molecule has 0 aliphatic carbocycles. The van der Waals surface area contributed by atoms with Gasteiger partial charge in [0.25, 0.3) is 5.91 Å². The third kappa shape index (κ3) is 7.78. The quantitative estimate of drug-likeness (QED) is 0.578. The summed E-state index contributed by atoms with van der Waals surface area (Å²) in [5.41, 5.74) is 1.39. The fraction of sp³-hybridized carbons (Fsp3) is 0.348. The number of amides is 3. The van der Waals surface area contributed by atoms with E-state index < -0.39 is 6.04 Å². The van der Waals surface area contributed by atoms with Crippen LogP contribution in [-0.4, -0.2) is 30.3 Å². The van der Waals surface area contributed by atoms with E-state index in [-0.39, 0.29) is 43.1 Å². The summed E-state index contributed by atoms with van der Waals surface area (Å²) in [7, 11) is 0. The number of carbonyl (C=O) groups excluding carboxylic acids is 3. The van der Waals surface area contributed by atoms with Crippen LogP contribution in [-0.2, 0) is 9.59 Å². The van der Waals surface area contributed by atoms with Crippen molar-refractivity contribution in [2.45, 2.75) is 45.2 Å². The van der Waals surface area contributed by atoms with Gasteiger partial charge in [0.15, 0.2) is 0 Å². The van der Waals surface area contributed by atoms with Crippen molar-refractivity contribution < 1.29 is 14.4 Å². The van der Waals surface area contributed by atoms with Crippen molar-refractivity contribution in [1.29, 1.82) is 0 Å². The van der Waals surface area contributed by atoms with E-state index >= 15 is 0 Å². The number of benzene rings is 2. The molecule has 154 valence electrons. The normalized spacial score (nSPS) is 12.5. The van der Waals surface area contributed by atoms with Crippen LogP contribution >= 0.6 is 0 Å². The molecule has 2 aromatic rings. The van der Waals surface area contributed by atoms with Crippen molar-refractivity contribution in [2.75, 3.05) is 6.54 Å². The van der Waals surface area contributed by atoms with Crippen LogP contribution in [0.25, 0.3) is 0 Å². The van der Waals surface area contributed by atoms with Gasteiger partial charge < -0.3 is 16.0 Å². The molecule has 0 fully saturated rings. The molecule has 2 rings (SSSR count). The second-order valence-corrected chi connectivity index (χ2v) is 6.98. The maximum absolute atomic E-state index is 12.5. The SMILES string of the molecule is CCC(C)NC(=O)CCNC(=O)CC(NC(=O)c1ccccc1)c1ccccc1. The molecule has 6 heteroatoms. The summed E-state index contributed by atoms with van der Waals surface area (Å²) < 4.78 is 0. The zero-order valence-corrected chi connectivity index (χ0v) is 17.0. The molecule has 0 spiro atoms. The molecule has 0 heterocycles. The zero-order valence-electron chi connectivity index (χ0n) is 17.0. The third-order valence-electron chi connectivity index (χ3n) is 4.63. The van der Waals surface area contributed by atoms with Gasteiger partial charge in [0.05, 0.1) is 12.5 Å². The van der Waals surface area contributed by atoms with Gasteiger partial charge in [-0.15, -0.1) is 0 Å². The van der Waals surface area contributed by atoms with Crippen LogP contribution in [0.15, 0.2) is 60.7 Å². The summed E-state index contributed by atoms with van der Waals surface area (Å²) in [5.74, 6) is -0.541. The Morgan fingerprint density at radius 1 is 0.862 bits per heavy atom. The van der Waals surface area contributed by atoms with Gasteiger partial charge in [0.2, 0.25) is 11.8 Å². The molecule has 3 N–H and O–H groups in total. The molecule has 0 radical (unpaired) electrons. The minimum atomic E-state index is -0.460. The molecule has 0 aromatic heterocycles. The molecule has 2 unspecified atom stereocenters. The first-order chi connectivity index (χ1) is 14.0. The van der Waals surface area contributed by atoms with Gasteiger partial charge in [0, 0.05) is 24.6 Å².